The summed E-state index contributed by atoms with van der Waals surface area (Å²) in [5, 5.41) is 0. The van der Waals surface area contributed by atoms with Gasteiger partial charge in [-0.15, -0.1) is 11.6 Å². The number of rotatable bonds is 1. The fourth-order valence-corrected chi connectivity index (χ4v) is 2.03. The van der Waals surface area contributed by atoms with E-state index in [4.69, 9.17) is 11.6 Å². The van der Waals surface area contributed by atoms with E-state index in [1.165, 1.54) is 0 Å². The Balaban J connectivity index is 2.38. The molecule has 0 spiro atoms. The van der Waals surface area contributed by atoms with Gasteiger partial charge in [-0.2, -0.15) is 0 Å². The Morgan fingerprint density at radius 1 is 1.29 bits per heavy atom. The number of halogens is 1. The highest BCUT2D eigenvalue weighted by Gasteiger charge is 2.41. The number of carbonyl (C=O) groups excluding carboxylic acids is 1. The third-order valence-corrected chi connectivity index (χ3v) is 3.09. The third-order valence-electron chi connectivity index (χ3n) is 2.66. The molecule has 0 saturated heterocycles. The summed E-state index contributed by atoms with van der Waals surface area (Å²) < 4.78 is 0. The van der Waals surface area contributed by atoms with E-state index in [1.54, 1.807) is 13.0 Å². The van der Waals surface area contributed by atoms with Gasteiger partial charge in [-0.1, -0.05) is 36.4 Å². The summed E-state index contributed by atoms with van der Waals surface area (Å²) in [5.74, 6) is -0.00844. The van der Waals surface area contributed by atoms with Gasteiger partial charge in [-0.3, -0.25) is 4.79 Å². The summed E-state index contributed by atoms with van der Waals surface area (Å²) in [7, 11) is 0. The van der Waals surface area contributed by atoms with Gasteiger partial charge < -0.3 is 0 Å². The van der Waals surface area contributed by atoms with Crippen LogP contribution < -0.4 is 0 Å². The SMILES string of the molecule is CC1(Cl)C(=O)C=CC1c1ccccc1. The van der Waals surface area contributed by atoms with E-state index in [1.807, 2.05) is 36.4 Å². The molecule has 1 aromatic carbocycles. The molecule has 0 radical (unpaired) electrons. The number of ketones is 1. The molecule has 1 aliphatic rings. The number of carbonyl (C=O) groups is 1. The Bertz CT molecular complexity index is 379. The van der Waals surface area contributed by atoms with E-state index in [0.29, 0.717) is 0 Å². The lowest BCUT2D eigenvalue weighted by molar-refractivity contribution is -0.116. The fraction of sp³-hybridized carbons (Fsp3) is 0.250. The Morgan fingerprint density at radius 2 is 1.93 bits per heavy atom. The minimum absolute atomic E-state index is 0.00198. The van der Waals surface area contributed by atoms with Crippen LogP contribution in [0.15, 0.2) is 42.5 Å². The van der Waals surface area contributed by atoms with Crippen LogP contribution in [0.3, 0.4) is 0 Å². The van der Waals surface area contributed by atoms with Crippen LogP contribution in [0.5, 0.6) is 0 Å². The van der Waals surface area contributed by atoms with Gasteiger partial charge >= 0.3 is 0 Å². The predicted molar refractivity (Wildman–Crippen MR) is 57.6 cm³/mol. The van der Waals surface area contributed by atoms with Gasteiger partial charge in [0.05, 0.1) is 0 Å². The molecule has 0 fully saturated rings. The lowest BCUT2D eigenvalue weighted by atomic mass is 9.89. The molecule has 2 heteroatoms. The first kappa shape index (κ1) is 9.47. The van der Waals surface area contributed by atoms with Crippen LogP contribution >= 0.6 is 11.6 Å². The Kier molecular flexibility index (Phi) is 2.20. The first-order valence-corrected chi connectivity index (χ1v) is 4.96. The summed E-state index contributed by atoms with van der Waals surface area (Å²) >= 11 is 6.21. The monoisotopic (exact) mass is 206 g/mol. The van der Waals surface area contributed by atoms with Gasteiger partial charge in [0.15, 0.2) is 5.78 Å². The minimum Gasteiger partial charge on any atom is -0.293 e. The van der Waals surface area contributed by atoms with Crippen LogP contribution in [-0.2, 0) is 4.79 Å². The van der Waals surface area contributed by atoms with Gasteiger partial charge in [0, 0.05) is 5.92 Å². The normalized spacial score (nSPS) is 31.0. The highest BCUT2D eigenvalue weighted by molar-refractivity contribution is 6.38. The summed E-state index contributed by atoms with van der Waals surface area (Å²) in [5.41, 5.74) is 1.09. The van der Waals surface area contributed by atoms with Crippen molar-refractivity contribution in [3.63, 3.8) is 0 Å². The van der Waals surface area contributed by atoms with Gasteiger partial charge in [-0.25, -0.2) is 0 Å². The van der Waals surface area contributed by atoms with E-state index in [2.05, 4.69) is 0 Å². The van der Waals surface area contributed by atoms with Crippen LogP contribution in [-0.4, -0.2) is 10.7 Å². The minimum atomic E-state index is -0.804. The van der Waals surface area contributed by atoms with Crippen LogP contribution in [0.2, 0.25) is 0 Å². The van der Waals surface area contributed by atoms with Crippen LogP contribution in [0.1, 0.15) is 18.4 Å². The molecule has 0 saturated carbocycles. The van der Waals surface area contributed by atoms with E-state index in [0.717, 1.165) is 5.56 Å². The van der Waals surface area contributed by atoms with Crippen molar-refractivity contribution in [2.45, 2.75) is 17.7 Å². The lowest BCUT2D eigenvalue weighted by Gasteiger charge is -2.22. The molecule has 72 valence electrons. The quantitative estimate of drug-likeness (QED) is 0.646. The summed E-state index contributed by atoms with van der Waals surface area (Å²) in [6, 6.07) is 9.86. The fourth-order valence-electron chi connectivity index (χ4n) is 1.77. The number of hydrogen-bond donors (Lipinski definition) is 0. The molecule has 0 heterocycles. The smallest absolute Gasteiger partial charge is 0.176 e. The zero-order valence-electron chi connectivity index (χ0n) is 7.91. The Morgan fingerprint density at radius 3 is 2.43 bits per heavy atom. The molecule has 0 bridgehead atoms. The first-order chi connectivity index (χ1) is 6.62. The molecule has 1 nitrogen and oxygen atoms in total. The van der Waals surface area contributed by atoms with E-state index in [-0.39, 0.29) is 11.7 Å². The number of allylic oxidation sites excluding steroid dienone is 2. The second-order valence-corrected chi connectivity index (χ2v) is 4.47. The van der Waals surface area contributed by atoms with E-state index >= 15 is 0 Å². The lowest BCUT2D eigenvalue weighted by Crippen LogP contribution is -2.29. The molecule has 1 aromatic rings. The number of hydrogen-bond acceptors (Lipinski definition) is 1. The van der Waals surface area contributed by atoms with Gasteiger partial charge in [0.1, 0.15) is 4.87 Å². The topological polar surface area (TPSA) is 17.1 Å². The van der Waals surface area contributed by atoms with Crippen molar-refractivity contribution >= 4 is 17.4 Å². The first-order valence-electron chi connectivity index (χ1n) is 4.59. The van der Waals surface area contributed by atoms with Crippen molar-refractivity contribution in [1.82, 2.24) is 0 Å². The molecule has 14 heavy (non-hydrogen) atoms. The van der Waals surface area contributed by atoms with Crippen molar-refractivity contribution < 1.29 is 4.79 Å². The van der Waals surface area contributed by atoms with Gasteiger partial charge in [-0.05, 0) is 18.6 Å². The Labute approximate surface area is 88.4 Å². The Hall–Kier alpha value is -1.08. The van der Waals surface area contributed by atoms with Crippen molar-refractivity contribution in [2.75, 3.05) is 0 Å². The molecule has 2 rings (SSSR count). The molecule has 0 aromatic heterocycles. The molecule has 2 unspecified atom stereocenters. The van der Waals surface area contributed by atoms with Gasteiger partial charge in [0.25, 0.3) is 0 Å². The number of benzene rings is 1. The zero-order chi connectivity index (χ0) is 10.2. The summed E-state index contributed by atoms with van der Waals surface area (Å²) in [6.07, 6.45) is 3.45. The highest BCUT2D eigenvalue weighted by Crippen LogP contribution is 2.40. The highest BCUT2D eigenvalue weighted by atomic mass is 35.5. The molecule has 0 N–H and O–H groups in total. The van der Waals surface area contributed by atoms with E-state index < -0.39 is 4.87 Å². The van der Waals surface area contributed by atoms with E-state index in [9.17, 15) is 4.79 Å². The second kappa shape index (κ2) is 3.25. The van der Waals surface area contributed by atoms with Gasteiger partial charge in [0.2, 0.25) is 0 Å². The second-order valence-electron chi connectivity index (χ2n) is 3.69. The molecule has 0 aliphatic heterocycles. The predicted octanol–water partition coefficient (Wildman–Crippen LogP) is 2.91. The van der Waals surface area contributed by atoms with Crippen LogP contribution in [0.4, 0.5) is 0 Å². The average molecular weight is 207 g/mol. The molecule has 2 atom stereocenters. The van der Waals surface area contributed by atoms with Crippen molar-refractivity contribution in [3.05, 3.63) is 48.0 Å². The maximum atomic E-state index is 11.5. The summed E-state index contributed by atoms with van der Waals surface area (Å²) in [4.78, 5) is 10.7. The third kappa shape index (κ3) is 1.38. The zero-order valence-corrected chi connectivity index (χ0v) is 8.66. The van der Waals surface area contributed by atoms with Crippen molar-refractivity contribution in [2.24, 2.45) is 0 Å². The maximum absolute atomic E-state index is 11.5. The maximum Gasteiger partial charge on any atom is 0.176 e. The van der Waals surface area contributed by atoms with Crippen LogP contribution in [0, 0.1) is 0 Å². The average Bonchev–Trinajstić information content (AvgIpc) is 2.44. The number of alkyl halides is 1. The largest absolute Gasteiger partial charge is 0.293 e. The van der Waals surface area contributed by atoms with Crippen molar-refractivity contribution in [1.29, 1.82) is 0 Å². The van der Waals surface area contributed by atoms with Crippen molar-refractivity contribution in [3.8, 4) is 0 Å². The molecule has 0 amide bonds. The molecule has 1 aliphatic carbocycles. The van der Waals surface area contributed by atoms with Crippen LogP contribution in [0.25, 0.3) is 0 Å². The standard InChI is InChI=1S/C12H11ClO/c1-12(13)10(7-8-11(12)14)9-5-3-2-4-6-9/h2-8,10H,1H3. The summed E-state index contributed by atoms with van der Waals surface area (Å²) in [6.45, 7) is 1.77. The molecular formula is C12H11ClO. The molecular weight excluding hydrogens is 196 g/mol.